The van der Waals surface area contributed by atoms with Crippen molar-refractivity contribution in [1.82, 2.24) is 25.4 Å². The van der Waals surface area contributed by atoms with E-state index in [-0.39, 0.29) is 64.9 Å². The maximum absolute atomic E-state index is 15.8. The van der Waals surface area contributed by atoms with E-state index in [2.05, 4.69) is 54.2 Å². The lowest BCUT2D eigenvalue weighted by Gasteiger charge is -2.63. The number of hydrogen-bond acceptors (Lipinski definition) is 11. The summed E-state index contributed by atoms with van der Waals surface area (Å²) in [6.07, 6.45) is 5.36. The average molecular weight is 865 g/mol. The molecule has 324 valence electrons. The largest absolute Gasteiger partial charge is 0.489 e. The van der Waals surface area contributed by atoms with Crippen LogP contribution in [0.5, 0.6) is 5.75 Å². The van der Waals surface area contributed by atoms with Crippen LogP contribution in [0, 0.1) is 33.9 Å². The van der Waals surface area contributed by atoms with Gasteiger partial charge in [-0.25, -0.2) is 9.37 Å². The summed E-state index contributed by atoms with van der Waals surface area (Å²) in [6.45, 7) is 12.3. The zero-order chi connectivity index (χ0) is 43.8. The number of halogens is 2. The van der Waals surface area contributed by atoms with Crippen molar-refractivity contribution in [3.05, 3.63) is 81.8 Å². The van der Waals surface area contributed by atoms with Crippen LogP contribution in [0.2, 0.25) is 5.02 Å². The Bertz CT molecular complexity index is 2400. The fourth-order valence-electron chi connectivity index (χ4n) is 11.3. The number of aromatic nitrogens is 1. The van der Waals surface area contributed by atoms with E-state index < -0.39 is 35.5 Å². The molecule has 3 atom stereocenters. The first kappa shape index (κ1) is 41.7. The minimum Gasteiger partial charge on any atom is -0.489 e. The minimum absolute atomic E-state index is 0.0154. The van der Waals surface area contributed by atoms with Crippen molar-refractivity contribution in [3.63, 3.8) is 0 Å². The van der Waals surface area contributed by atoms with Gasteiger partial charge < -0.3 is 19.9 Å². The molecular weight excluding hydrogens is 815 g/mol. The highest BCUT2D eigenvalue weighted by molar-refractivity contribution is 6.31. The topological polar surface area (TPSA) is 168 Å². The number of anilines is 2. The number of fused-ring (bicyclic) bond motifs is 4. The van der Waals surface area contributed by atoms with Gasteiger partial charge in [-0.1, -0.05) is 39.3 Å². The van der Waals surface area contributed by atoms with E-state index in [1.807, 2.05) is 17.0 Å². The van der Waals surface area contributed by atoms with Crippen LogP contribution in [0.25, 0.3) is 0 Å². The van der Waals surface area contributed by atoms with E-state index in [9.17, 15) is 29.2 Å². The number of rotatable bonds is 9. The zero-order valence-electron chi connectivity index (χ0n) is 35.2. The van der Waals surface area contributed by atoms with Gasteiger partial charge >= 0.3 is 0 Å². The zero-order valence-corrected chi connectivity index (χ0v) is 36.0. The molecule has 3 unspecified atom stereocenters. The van der Waals surface area contributed by atoms with Crippen molar-refractivity contribution < 1.29 is 33.1 Å². The van der Waals surface area contributed by atoms with E-state index in [1.54, 1.807) is 24.4 Å². The summed E-state index contributed by atoms with van der Waals surface area (Å²) < 4.78 is 22.2. The molecular formula is C46H50ClFN8O6. The van der Waals surface area contributed by atoms with E-state index in [1.165, 1.54) is 6.07 Å². The van der Waals surface area contributed by atoms with Crippen molar-refractivity contribution in [3.8, 4) is 11.8 Å². The smallest absolute Gasteiger partial charge is 0.262 e. The van der Waals surface area contributed by atoms with Crippen molar-refractivity contribution in [2.24, 2.45) is 16.7 Å². The third kappa shape index (κ3) is 7.14. The molecule has 62 heavy (non-hydrogen) atoms. The van der Waals surface area contributed by atoms with Crippen LogP contribution in [-0.4, -0.2) is 107 Å². The highest BCUT2D eigenvalue weighted by Crippen LogP contribution is 2.55. The SMILES string of the molecule is CC1(C)C(NC(=O)c2ccc(N3CCC(CN4CC5CCC4CN5c4cc5c(cc4F)C(=O)N(C4CCC(=O)NC4=O)C5=O)CC3)nc2)C(C)(C)C1Oc1ccc(C#N)c(Cl)c1. The molecule has 1 aromatic heterocycles. The third-order valence-corrected chi connectivity index (χ3v) is 14.6. The lowest BCUT2D eigenvalue weighted by atomic mass is 9.49. The monoisotopic (exact) mass is 864 g/mol. The number of hydrogen-bond donors (Lipinski definition) is 2. The van der Waals surface area contributed by atoms with Crippen molar-refractivity contribution >= 4 is 52.6 Å². The van der Waals surface area contributed by atoms with E-state index in [4.69, 9.17) is 21.3 Å². The van der Waals surface area contributed by atoms with Gasteiger partial charge in [0, 0.05) is 80.4 Å². The second kappa shape index (κ2) is 15.6. The molecule has 5 amide bonds. The van der Waals surface area contributed by atoms with Crippen LogP contribution in [-0.2, 0) is 9.59 Å². The molecule has 0 radical (unpaired) electrons. The molecule has 1 saturated carbocycles. The molecule has 0 spiro atoms. The molecule has 10 rings (SSSR count). The van der Waals surface area contributed by atoms with Crippen molar-refractivity contribution in [2.45, 2.75) is 96.5 Å². The van der Waals surface area contributed by atoms with Crippen LogP contribution >= 0.6 is 11.6 Å². The number of nitriles is 1. The van der Waals surface area contributed by atoms with Gasteiger partial charge in [0.05, 0.1) is 33.0 Å². The first-order chi connectivity index (χ1) is 29.5. The fourth-order valence-corrected chi connectivity index (χ4v) is 11.5. The number of piperazine rings is 1. The van der Waals surface area contributed by atoms with Crippen molar-refractivity contribution in [1.29, 1.82) is 5.26 Å². The molecule has 2 aromatic carbocycles. The van der Waals surface area contributed by atoms with Gasteiger partial charge in [-0.3, -0.25) is 39.1 Å². The maximum Gasteiger partial charge on any atom is 0.262 e. The first-order valence-electron chi connectivity index (χ1n) is 21.5. The Morgan fingerprint density at radius 3 is 2.29 bits per heavy atom. The van der Waals surface area contributed by atoms with Gasteiger partial charge in [0.15, 0.2) is 0 Å². The summed E-state index contributed by atoms with van der Waals surface area (Å²) in [5, 5.41) is 15.0. The lowest BCUT2D eigenvalue weighted by Crippen LogP contribution is -2.74. The molecule has 2 bridgehead atoms. The number of piperidine rings is 4. The molecule has 5 saturated heterocycles. The minimum atomic E-state index is -1.10. The van der Waals surface area contributed by atoms with E-state index in [0.29, 0.717) is 40.0 Å². The molecule has 6 fully saturated rings. The normalized spacial score (nSPS) is 26.8. The summed E-state index contributed by atoms with van der Waals surface area (Å²) >= 11 is 6.25. The summed E-state index contributed by atoms with van der Waals surface area (Å²) in [5.74, 6) is -1.36. The Hall–Kier alpha value is -5.59. The van der Waals surface area contributed by atoms with Crippen LogP contribution < -0.4 is 25.2 Å². The molecule has 1 aliphatic carbocycles. The van der Waals surface area contributed by atoms with Gasteiger partial charge in [0.2, 0.25) is 11.8 Å². The van der Waals surface area contributed by atoms with Crippen LogP contribution in [0.15, 0.2) is 48.7 Å². The van der Waals surface area contributed by atoms with Crippen LogP contribution in [0.3, 0.4) is 0 Å². The number of carbonyl (C=O) groups is 5. The average Bonchev–Trinajstić information content (AvgIpc) is 3.49. The van der Waals surface area contributed by atoms with E-state index >= 15 is 4.39 Å². The highest BCUT2D eigenvalue weighted by atomic mass is 35.5. The standard InChI is InChI=1S/C46H50ClFN8O6/c1-45(2)43(46(3,4)44(45)62-30-9-5-26(20-49)33(47)17-30)52-39(58)27-6-11-37(50-21-27)53-15-13-25(14-16-53)22-54-23-29-8-7-28(54)24-55(29)36-19-32-31(18-34(36)48)41(60)56(42(32)61)35-10-12-38(57)51-40(35)59/h5-6,9,11,17-19,21,25,28-29,35,43-44H,7-8,10,12-16,22-24H2,1-4H3,(H,52,58)(H,51,57,59). The molecule has 7 aliphatic rings. The highest BCUT2D eigenvalue weighted by Gasteiger charge is 2.64. The van der Waals surface area contributed by atoms with E-state index in [0.717, 1.165) is 68.6 Å². The fraction of sp³-hybridized carbons (Fsp3) is 0.500. The maximum atomic E-state index is 15.8. The number of ether oxygens (including phenoxy) is 1. The second-order valence-electron chi connectivity index (χ2n) is 18.9. The molecule has 14 nitrogen and oxygen atoms in total. The quantitative estimate of drug-likeness (QED) is 0.267. The number of benzene rings is 2. The van der Waals surface area contributed by atoms with Gasteiger partial charge in [0.25, 0.3) is 17.7 Å². The number of amides is 5. The molecule has 6 aliphatic heterocycles. The predicted molar refractivity (Wildman–Crippen MR) is 227 cm³/mol. The van der Waals surface area contributed by atoms with Gasteiger partial charge in [0.1, 0.15) is 35.6 Å². The van der Waals surface area contributed by atoms with Gasteiger partial charge in [-0.15, -0.1) is 0 Å². The van der Waals surface area contributed by atoms with Gasteiger partial charge in [-0.2, -0.15) is 5.26 Å². The van der Waals surface area contributed by atoms with Crippen LogP contribution in [0.1, 0.15) is 103 Å². The third-order valence-electron chi connectivity index (χ3n) is 14.3. The second-order valence-corrected chi connectivity index (χ2v) is 19.3. The van der Waals surface area contributed by atoms with Crippen LogP contribution in [0.4, 0.5) is 15.9 Å². The molecule has 3 aromatic rings. The summed E-state index contributed by atoms with van der Waals surface area (Å²) in [6, 6.07) is 12.5. The summed E-state index contributed by atoms with van der Waals surface area (Å²) in [5.41, 5.74) is 0.427. The molecule has 7 heterocycles. The number of imide groups is 2. The molecule has 16 heteroatoms. The summed E-state index contributed by atoms with van der Waals surface area (Å²) in [4.78, 5) is 76.9. The number of pyridine rings is 1. The Morgan fingerprint density at radius 2 is 1.66 bits per heavy atom. The summed E-state index contributed by atoms with van der Waals surface area (Å²) in [7, 11) is 0. The Morgan fingerprint density at radius 1 is 0.952 bits per heavy atom. The van der Waals surface area contributed by atoms with Gasteiger partial charge in [-0.05, 0) is 74.4 Å². The first-order valence-corrected chi connectivity index (χ1v) is 21.9. The number of nitrogens with zero attached hydrogens (tertiary/aromatic N) is 6. The molecule has 2 N–H and O–H groups in total. The Labute approximate surface area is 364 Å². The predicted octanol–water partition coefficient (Wildman–Crippen LogP) is 5.33. The number of nitrogens with one attached hydrogen (secondary N) is 2. The lowest BCUT2D eigenvalue weighted by molar-refractivity contribution is -0.164. The Kier molecular flexibility index (Phi) is 10.5. The number of carbonyl (C=O) groups excluding carboxylic acids is 5. The Balaban J connectivity index is 0.768. The van der Waals surface area contributed by atoms with Crippen molar-refractivity contribution in [2.75, 3.05) is 42.5 Å².